The van der Waals surface area contributed by atoms with Gasteiger partial charge in [-0.05, 0) is 51.1 Å². The molecule has 3 heterocycles. The first kappa shape index (κ1) is 18.8. The Morgan fingerprint density at radius 1 is 1.03 bits per heavy atom. The van der Waals surface area contributed by atoms with Crippen molar-refractivity contribution >= 4 is 33.4 Å². The van der Waals surface area contributed by atoms with Crippen LogP contribution in [0.15, 0.2) is 48.5 Å². The van der Waals surface area contributed by atoms with E-state index in [1.165, 1.54) is 25.9 Å². The molecule has 6 nitrogen and oxygen atoms in total. The van der Waals surface area contributed by atoms with Crippen molar-refractivity contribution < 1.29 is 4.79 Å². The number of aromatic amines is 1. The molecule has 0 saturated carbocycles. The van der Waals surface area contributed by atoms with Gasteiger partial charge < -0.3 is 15.2 Å². The predicted molar refractivity (Wildman–Crippen MR) is 121 cm³/mol. The summed E-state index contributed by atoms with van der Waals surface area (Å²) in [5, 5.41) is 5.41. The fraction of sp³-hybridized carbons (Fsp3) is 0.292. The van der Waals surface area contributed by atoms with Gasteiger partial charge in [-0.1, -0.05) is 30.3 Å². The number of Topliss-reactive ketones (excluding diaryl/α,β-unsaturated/α-hetero) is 1. The number of nitrogens with zero attached hydrogens (tertiary/aromatic N) is 3. The van der Waals surface area contributed by atoms with Crippen molar-refractivity contribution in [1.82, 2.24) is 19.9 Å². The molecule has 1 saturated heterocycles. The smallest absolute Gasteiger partial charge is 0.179 e. The monoisotopic (exact) mass is 399 g/mol. The molecule has 0 atom stereocenters. The van der Waals surface area contributed by atoms with Crippen LogP contribution in [0.25, 0.3) is 33.3 Å². The molecular weight excluding hydrogens is 374 g/mol. The SMILES string of the molecule is CC(=O)c1c(-c2nc(NCCN3CCCC3)c3ccccc3n2)[nH]c2ccccc12. The predicted octanol–water partition coefficient (Wildman–Crippen LogP) is 4.49. The van der Waals surface area contributed by atoms with Crippen molar-refractivity contribution in [2.24, 2.45) is 0 Å². The average molecular weight is 399 g/mol. The Morgan fingerprint density at radius 3 is 2.57 bits per heavy atom. The first-order valence-electron chi connectivity index (χ1n) is 10.6. The van der Waals surface area contributed by atoms with Crippen molar-refractivity contribution in [1.29, 1.82) is 0 Å². The van der Waals surface area contributed by atoms with Gasteiger partial charge >= 0.3 is 0 Å². The lowest BCUT2D eigenvalue weighted by Crippen LogP contribution is -2.26. The van der Waals surface area contributed by atoms with E-state index in [9.17, 15) is 4.79 Å². The third-order valence-electron chi connectivity index (χ3n) is 5.80. The number of ketones is 1. The van der Waals surface area contributed by atoms with Crippen molar-refractivity contribution in [2.75, 3.05) is 31.5 Å². The van der Waals surface area contributed by atoms with Gasteiger partial charge in [0.2, 0.25) is 0 Å². The van der Waals surface area contributed by atoms with Crippen molar-refractivity contribution in [3.63, 3.8) is 0 Å². The van der Waals surface area contributed by atoms with Crippen LogP contribution in [-0.2, 0) is 0 Å². The molecule has 152 valence electrons. The Kier molecular flexibility index (Phi) is 4.93. The Morgan fingerprint density at radius 2 is 1.77 bits per heavy atom. The van der Waals surface area contributed by atoms with Gasteiger partial charge in [-0.25, -0.2) is 9.97 Å². The minimum absolute atomic E-state index is 0.00255. The number of rotatable bonds is 6. The third kappa shape index (κ3) is 3.44. The summed E-state index contributed by atoms with van der Waals surface area (Å²) in [6.07, 6.45) is 2.57. The molecule has 2 aromatic carbocycles. The van der Waals surface area contributed by atoms with Crippen LogP contribution in [-0.4, -0.2) is 51.8 Å². The second-order valence-electron chi connectivity index (χ2n) is 7.87. The van der Waals surface area contributed by atoms with E-state index in [0.29, 0.717) is 17.1 Å². The molecule has 1 fully saturated rings. The minimum Gasteiger partial charge on any atom is -0.368 e. The largest absolute Gasteiger partial charge is 0.368 e. The number of anilines is 1. The van der Waals surface area contributed by atoms with E-state index in [1.807, 2.05) is 48.5 Å². The lowest BCUT2D eigenvalue weighted by Gasteiger charge is -2.16. The van der Waals surface area contributed by atoms with Crippen LogP contribution in [0.4, 0.5) is 5.82 Å². The second-order valence-corrected chi connectivity index (χ2v) is 7.87. The van der Waals surface area contributed by atoms with Gasteiger partial charge in [-0.15, -0.1) is 0 Å². The summed E-state index contributed by atoms with van der Waals surface area (Å²) in [4.78, 5) is 28.0. The van der Waals surface area contributed by atoms with E-state index in [1.54, 1.807) is 6.92 Å². The fourth-order valence-corrected chi connectivity index (χ4v) is 4.34. The summed E-state index contributed by atoms with van der Waals surface area (Å²) < 4.78 is 0. The standard InChI is InChI=1S/C24H25N5O/c1-16(30)21-17-8-2-4-10-19(17)26-22(21)24-27-20-11-5-3-9-18(20)23(28-24)25-12-15-29-13-6-7-14-29/h2-5,8-11,26H,6-7,12-15H2,1H3,(H,25,27,28). The van der Waals surface area contributed by atoms with Crippen LogP contribution in [0.5, 0.6) is 0 Å². The van der Waals surface area contributed by atoms with Gasteiger partial charge in [0, 0.05) is 29.4 Å². The molecule has 2 aromatic heterocycles. The first-order valence-corrected chi connectivity index (χ1v) is 10.6. The number of hydrogen-bond donors (Lipinski definition) is 2. The topological polar surface area (TPSA) is 73.9 Å². The van der Waals surface area contributed by atoms with Crippen molar-refractivity contribution in [2.45, 2.75) is 19.8 Å². The van der Waals surface area contributed by atoms with Gasteiger partial charge in [-0.2, -0.15) is 0 Å². The Balaban J connectivity index is 1.57. The molecule has 2 N–H and O–H groups in total. The quantitative estimate of drug-likeness (QED) is 0.467. The van der Waals surface area contributed by atoms with Crippen LogP contribution in [0.2, 0.25) is 0 Å². The van der Waals surface area contributed by atoms with E-state index in [2.05, 4.69) is 15.2 Å². The van der Waals surface area contributed by atoms with Gasteiger partial charge in [0.25, 0.3) is 0 Å². The molecule has 30 heavy (non-hydrogen) atoms. The average Bonchev–Trinajstić information content (AvgIpc) is 3.41. The highest BCUT2D eigenvalue weighted by molar-refractivity contribution is 6.12. The zero-order valence-corrected chi connectivity index (χ0v) is 17.1. The number of carbonyl (C=O) groups is 1. The Bertz CT molecular complexity index is 1220. The van der Waals surface area contributed by atoms with Gasteiger partial charge in [0.1, 0.15) is 5.82 Å². The lowest BCUT2D eigenvalue weighted by atomic mass is 10.1. The molecule has 0 spiro atoms. The molecule has 4 aromatic rings. The number of carbonyl (C=O) groups excluding carboxylic acids is 1. The molecule has 6 heteroatoms. The van der Waals surface area contributed by atoms with Crippen LogP contribution in [0, 0.1) is 0 Å². The summed E-state index contributed by atoms with van der Waals surface area (Å²) in [5.74, 6) is 1.35. The van der Waals surface area contributed by atoms with E-state index in [4.69, 9.17) is 9.97 Å². The highest BCUT2D eigenvalue weighted by Crippen LogP contribution is 2.31. The third-order valence-corrected chi connectivity index (χ3v) is 5.80. The van der Waals surface area contributed by atoms with Gasteiger partial charge in [-0.3, -0.25) is 4.79 Å². The second kappa shape index (κ2) is 7.88. The van der Waals surface area contributed by atoms with E-state index >= 15 is 0 Å². The maximum Gasteiger partial charge on any atom is 0.179 e. The normalized spacial score (nSPS) is 14.6. The number of nitrogens with one attached hydrogen (secondary N) is 2. The van der Waals surface area contributed by atoms with E-state index < -0.39 is 0 Å². The first-order chi connectivity index (χ1) is 14.7. The molecular formula is C24H25N5O. The van der Waals surface area contributed by atoms with Crippen LogP contribution < -0.4 is 5.32 Å². The summed E-state index contributed by atoms with van der Waals surface area (Å²) in [7, 11) is 0. The van der Waals surface area contributed by atoms with E-state index in [-0.39, 0.29) is 5.78 Å². The fourth-order valence-electron chi connectivity index (χ4n) is 4.34. The maximum absolute atomic E-state index is 12.5. The molecule has 0 unspecified atom stereocenters. The highest BCUT2D eigenvalue weighted by Gasteiger charge is 2.20. The number of para-hydroxylation sites is 2. The number of aromatic nitrogens is 3. The number of benzene rings is 2. The van der Waals surface area contributed by atoms with Crippen LogP contribution in [0.3, 0.4) is 0 Å². The zero-order chi connectivity index (χ0) is 20.5. The molecule has 1 aliphatic rings. The maximum atomic E-state index is 12.5. The molecule has 0 amide bonds. The summed E-state index contributed by atoms with van der Waals surface area (Å²) in [6, 6.07) is 15.8. The van der Waals surface area contributed by atoms with Crippen molar-refractivity contribution in [3.05, 3.63) is 54.1 Å². The molecule has 0 bridgehead atoms. The molecule has 5 rings (SSSR count). The molecule has 0 aliphatic carbocycles. The lowest BCUT2D eigenvalue weighted by molar-refractivity contribution is 0.102. The minimum atomic E-state index is 0.00255. The Labute approximate surface area is 175 Å². The van der Waals surface area contributed by atoms with Gasteiger partial charge in [0.05, 0.1) is 16.8 Å². The van der Waals surface area contributed by atoms with Crippen LogP contribution in [0.1, 0.15) is 30.1 Å². The number of fused-ring (bicyclic) bond motifs is 2. The molecule has 0 radical (unpaired) electrons. The summed E-state index contributed by atoms with van der Waals surface area (Å²) >= 11 is 0. The van der Waals surface area contributed by atoms with Crippen molar-refractivity contribution in [3.8, 4) is 11.5 Å². The summed E-state index contributed by atoms with van der Waals surface area (Å²) in [6.45, 7) is 5.77. The summed E-state index contributed by atoms with van der Waals surface area (Å²) in [5.41, 5.74) is 3.10. The number of H-pyrrole nitrogens is 1. The van der Waals surface area contributed by atoms with Crippen LogP contribution >= 0.6 is 0 Å². The number of likely N-dealkylation sites (tertiary alicyclic amines) is 1. The highest BCUT2D eigenvalue weighted by atomic mass is 16.1. The number of hydrogen-bond acceptors (Lipinski definition) is 5. The zero-order valence-electron chi connectivity index (χ0n) is 17.1. The van der Waals surface area contributed by atoms with Gasteiger partial charge in [0.15, 0.2) is 11.6 Å². The van der Waals surface area contributed by atoms with E-state index in [0.717, 1.165) is 40.7 Å². The molecule has 1 aliphatic heterocycles. The Hall–Kier alpha value is -3.25.